The number of hydrogen-bond acceptors (Lipinski definition) is 2. The van der Waals surface area contributed by atoms with Gasteiger partial charge >= 0.3 is 0 Å². The molecule has 0 saturated heterocycles. The van der Waals surface area contributed by atoms with E-state index >= 15 is 0 Å². The summed E-state index contributed by atoms with van der Waals surface area (Å²) in [6.45, 7) is 0. The molecular formula is C12H19NO. The van der Waals surface area contributed by atoms with Gasteiger partial charge in [0.05, 0.1) is 0 Å². The SMILES string of the molecule is NC(CC(=O)C1=CCCCC1)C1CC1. The number of carbonyl (C=O) groups is 1. The Morgan fingerprint density at radius 1 is 1.50 bits per heavy atom. The van der Waals surface area contributed by atoms with Crippen molar-refractivity contribution in [1.82, 2.24) is 0 Å². The van der Waals surface area contributed by atoms with Crippen molar-refractivity contribution < 1.29 is 4.79 Å². The Balaban J connectivity index is 1.84. The van der Waals surface area contributed by atoms with Crippen LogP contribution in [0.15, 0.2) is 11.6 Å². The monoisotopic (exact) mass is 193 g/mol. The van der Waals surface area contributed by atoms with Gasteiger partial charge in [-0.15, -0.1) is 0 Å². The predicted molar refractivity (Wildman–Crippen MR) is 56.9 cm³/mol. The van der Waals surface area contributed by atoms with Gasteiger partial charge in [0.1, 0.15) is 0 Å². The lowest BCUT2D eigenvalue weighted by Gasteiger charge is -2.14. The lowest BCUT2D eigenvalue weighted by atomic mass is 9.93. The Morgan fingerprint density at radius 3 is 2.86 bits per heavy atom. The molecule has 0 spiro atoms. The first-order valence-corrected chi connectivity index (χ1v) is 5.75. The van der Waals surface area contributed by atoms with Crippen LogP contribution in [0.1, 0.15) is 44.9 Å². The highest BCUT2D eigenvalue weighted by atomic mass is 16.1. The second-order valence-corrected chi connectivity index (χ2v) is 4.60. The maximum atomic E-state index is 11.8. The predicted octanol–water partition coefficient (Wildman–Crippen LogP) is 2.18. The molecule has 1 fully saturated rings. The molecule has 2 aliphatic carbocycles. The summed E-state index contributed by atoms with van der Waals surface area (Å²) in [5, 5.41) is 0. The minimum Gasteiger partial charge on any atom is -0.327 e. The molecule has 2 aliphatic rings. The summed E-state index contributed by atoms with van der Waals surface area (Å²) in [5.41, 5.74) is 6.99. The number of allylic oxidation sites excluding steroid dienone is 2. The maximum absolute atomic E-state index is 11.8. The molecule has 1 unspecified atom stereocenters. The highest BCUT2D eigenvalue weighted by molar-refractivity contribution is 5.95. The Hall–Kier alpha value is -0.630. The quantitative estimate of drug-likeness (QED) is 0.743. The van der Waals surface area contributed by atoms with E-state index < -0.39 is 0 Å². The van der Waals surface area contributed by atoms with E-state index in [1.165, 1.54) is 25.7 Å². The van der Waals surface area contributed by atoms with Gasteiger partial charge in [-0.1, -0.05) is 6.08 Å². The van der Waals surface area contributed by atoms with Crippen molar-refractivity contribution in [3.8, 4) is 0 Å². The van der Waals surface area contributed by atoms with E-state index in [1.807, 2.05) is 0 Å². The maximum Gasteiger partial charge on any atom is 0.160 e. The van der Waals surface area contributed by atoms with Crippen LogP contribution in [0, 0.1) is 5.92 Å². The van der Waals surface area contributed by atoms with E-state index in [2.05, 4.69) is 6.08 Å². The molecule has 78 valence electrons. The molecule has 2 nitrogen and oxygen atoms in total. The smallest absolute Gasteiger partial charge is 0.160 e. The average Bonchev–Trinajstić information content (AvgIpc) is 3.02. The summed E-state index contributed by atoms with van der Waals surface area (Å²) in [7, 11) is 0. The van der Waals surface area contributed by atoms with E-state index in [4.69, 9.17) is 5.73 Å². The molecule has 0 bridgehead atoms. The van der Waals surface area contributed by atoms with E-state index in [9.17, 15) is 4.79 Å². The summed E-state index contributed by atoms with van der Waals surface area (Å²) < 4.78 is 0. The largest absolute Gasteiger partial charge is 0.327 e. The standard InChI is InChI=1S/C12H19NO/c13-11(9-6-7-9)8-12(14)10-4-2-1-3-5-10/h4,9,11H,1-3,5-8,13H2. The van der Waals surface area contributed by atoms with Crippen molar-refractivity contribution in [2.45, 2.75) is 51.0 Å². The van der Waals surface area contributed by atoms with Gasteiger partial charge in [0, 0.05) is 12.5 Å². The molecule has 2 heteroatoms. The van der Waals surface area contributed by atoms with Gasteiger partial charge in [-0.25, -0.2) is 0 Å². The third-order valence-corrected chi connectivity index (χ3v) is 3.30. The Labute approximate surface area is 85.6 Å². The molecule has 2 rings (SSSR count). The minimum atomic E-state index is 0.130. The van der Waals surface area contributed by atoms with Crippen molar-refractivity contribution in [2.75, 3.05) is 0 Å². The summed E-state index contributed by atoms with van der Waals surface area (Å²) in [6, 6.07) is 0.130. The van der Waals surface area contributed by atoms with Crippen LogP contribution < -0.4 is 5.73 Å². The summed E-state index contributed by atoms with van der Waals surface area (Å²) in [6.07, 6.45) is 9.64. The second kappa shape index (κ2) is 4.26. The van der Waals surface area contributed by atoms with Crippen molar-refractivity contribution >= 4 is 5.78 Å². The van der Waals surface area contributed by atoms with Crippen LogP contribution in [-0.4, -0.2) is 11.8 Å². The van der Waals surface area contributed by atoms with Crippen LogP contribution >= 0.6 is 0 Å². The van der Waals surface area contributed by atoms with Crippen molar-refractivity contribution in [1.29, 1.82) is 0 Å². The van der Waals surface area contributed by atoms with E-state index in [-0.39, 0.29) is 6.04 Å². The van der Waals surface area contributed by atoms with Crippen molar-refractivity contribution in [2.24, 2.45) is 11.7 Å². The summed E-state index contributed by atoms with van der Waals surface area (Å²) in [5.74, 6) is 0.951. The minimum absolute atomic E-state index is 0.130. The number of hydrogen-bond donors (Lipinski definition) is 1. The second-order valence-electron chi connectivity index (χ2n) is 4.60. The molecule has 0 amide bonds. The zero-order valence-electron chi connectivity index (χ0n) is 8.67. The molecule has 2 N–H and O–H groups in total. The average molecular weight is 193 g/mol. The normalized spacial score (nSPS) is 24.2. The zero-order valence-corrected chi connectivity index (χ0v) is 8.67. The molecule has 0 aliphatic heterocycles. The van der Waals surface area contributed by atoms with Crippen LogP contribution in [0.2, 0.25) is 0 Å². The van der Waals surface area contributed by atoms with Crippen LogP contribution in [0.3, 0.4) is 0 Å². The fourth-order valence-electron chi connectivity index (χ4n) is 2.13. The Morgan fingerprint density at radius 2 is 2.29 bits per heavy atom. The molecule has 0 aromatic rings. The Bertz CT molecular complexity index is 253. The van der Waals surface area contributed by atoms with E-state index in [0.717, 1.165) is 18.4 Å². The van der Waals surface area contributed by atoms with Crippen LogP contribution in [0.25, 0.3) is 0 Å². The number of rotatable bonds is 4. The van der Waals surface area contributed by atoms with Crippen LogP contribution in [0.4, 0.5) is 0 Å². The number of ketones is 1. The molecule has 1 atom stereocenters. The summed E-state index contributed by atoms with van der Waals surface area (Å²) >= 11 is 0. The van der Waals surface area contributed by atoms with Gasteiger partial charge in [-0.3, -0.25) is 4.79 Å². The number of carbonyl (C=O) groups excluding carboxylic acids is 1. The van der Waals surface area contributed by atoms with Gasteiger partial charge in [0.2, 0.25) is 0 Å². The van der Waals surface area contributed by atoms with Gasteiger partial charge in [0.15, 0.2) is 5.78 Å². The lowest BCUT2D eigenvalue weighted by molar-refractivity contribution is -0.116. The van der Waals surface area contributed by atoms with Crippen molar-refractivity contribution in [3.05, 3.63) is 11.6 Å². The molecular weight excluding hydrogens is 174 g/mol. The topological polar surface area (TPSA) is 43.1 Å². The van der Waals surface area contributed by atoms with Gasteiger partial charge in [-0.05, 0) is 50.0 Å². The lowest BCUT2D eigenvalue weighted by Crippen LogP contribution is -2.26. The molecule has 0 heterocycles. The first-order chi connectivity index (χ1) is 6.77. The van der Waals surface area contributed by atoms with Crippen molar-refractivity contribution in [3.63, 3.8) is 0 Å². The van der Waals surface area contributed by atoms with Crippen LogP contribution in [0.5, 0.6) is 0 Å². The molecule has 0 radical (unpaired) electrons. The highest BCUT2D eigenvalue weighted by Crippen LogP contribution is 2.33. The fraction of sp³-hybridized carbons (Fsp3) is 0.750. The van der Waals surface area contributed by atoms with Gasteiger partial charge in [0.25, 0.3) is 0 Å². The van der Waals surface area contributed by atoms with Crippen LogP contribution in [-0.2, 0) is 4.79 Å². The molecule has 1 saturated carbocycles. The number of Topliss-reactive ketones (excluding diaryl/α,β-unsaturated/α-hetero) is 1. The first-order valence-electron chi connectivity index (χ1n) is 5.75. The third-order valence-electron chi connectivity index (χ3n) is 3.30. The van der Waals surface area contributed by atoms with Gasteiger partial charge in [-0.2, -0.15) is 0 Å². The molecule has 0 aromatic carbocycles. The highest BCUT2D eigenvalue weighted by Gasteiger charge is 2.30. The molecule has 0 aromatic heterocycles. The molecule has 14 heavy (non-hydrogen) atoms. The Kier molecular flexibility index (Phi) is 3.02. The van der Waals surface area contributed by atoms with Gasteiger partial charge < -0.3 is 5.73 Å². The first kappa shape index (κ1) is 9.91. The fourth-order valence-corrected chi connectivity index (χ4v) is 2.13. The summed E-state index contributed by atoms with van der Waals surface area (Å²) in [4.78, 5) is 11.8. The third kappa shape index (κ3) is 2.44. The van der Waals surface area contributed by atoms with E-state index in [1.54, 1.807) is 0 Å². The zero-order chi connectivity index (χ0) is 9.97. The van der Waals surface area contributed by atoms with E-state index in [0.29, 0.717) is 18.1 Å². The number of nitrogens with two attached hydrogens (primary N) is 1.